The van der Waals surface area contributed by atoms with Crippen molar-refractivity contribution in [1.82, 2.24) is 10.6 Å². The van der Waals surface area contributed by atoms with Gasteiger partial charge >= 0.3 is 6.61 Å². The minimum absolute atomic E-state index is 0.00383. The van der Waals surface area contributed by atoms with E-state index < -0.39 is 12.7 Å². The number of rotatable bonds is 5. The number of hydrogen-bond donors (Lipinski definition) is 2. The standard InChI is InChI=1S/C19H16F2N2O2S/c1-11(24)15-16(12-7-3-2-4-8-12)22-19(26)23-17(15)13-9-5-6-10-14(13)25-18(20)21/h2-10,17-18H,1H3,(H2,22,23,26)/t17-/m0/s1. The Hall–Kier alpha value is -2.80. The van der Waals surface area contributed by atoms with Gasteiger partial charge < -0.3 is 15.4 Å². The van der Waals surface area contributed by atoms with E-state index in [1.54, 1.807) is 18.2 Å². The molecule has 0 bridgehead atoms. The third-order valence-corrected chi connectivity index (χ3v) is 4.18. The molecule has 26 heavy (non-hydrogen) atoms. The van der Waals surface area contributed by atoms with Gasteiger partial charge in [0, 0.05) is 11.1 Å². The van der Waals surface area contributed by atoms with Crippen LogP contribution in [-0.2, 0) is 4.79 Å². The van der Waals surface area contributed by atoms with E-state index in [4.69, 9.17) is 12.2 Å². The van der Waals surface area contributed by atoms with Gasteiger partial charge in [-0.3, -0.25) is 4.79 Å². The summed E-state index contributed by atoms with van der Waals surface area (Å²) in [6, 6.07) is 14.9. The normalized spacial score (nSPS) is 16.9. The van der Waals surface area contributed by atoms with Gasteiger partial charge in [0.25, 0.3) is 0 Å². The summed E-state index contributed by atoms with van der Waals surface area (Å²) in [6.45, 7) is -1.54. The number of thiocarbonyl (C=S) groups is 1. The third-order valence-electron chi connectivity index (χ3n) is 3.96. The molecule has 1 aliphatic heterocycles. The zero-order valence-electron chi connectivity index (χ0n) is 13.8. The predicted octanol–water partition coefficient (Wildman–Crippen LogP) is 3.81. The number of ketones is 1. The minimum atomic E-state index is -2.97. The molecular weight excluding hydrogens is 358 g/mol. The number of alkyl halides is 2. The van der Waals surface area contributed by atoms with E-state index in [0.29, 0.717) is 21.9 Å². The summed E-state index contributed by atoms with van der Waals surface area (Å²) in [5, 5.41) is 6.31. The zero-order valence-corrected chi connectivity index (χ0v) is 14.6. The van der Waals surface area contributed by atoms with Crippen molar-refractivity contribution >= 4 is 28.8 Å². The Morgan fingerprint density at radius 2 is 1.77 bits per heavy atom. The van der Waals surface area contributed by atoms with Crippen LogP contribution in [0, 0.1) is 0 Å². The molecule has 0 saturated carbocycles. The van der Waals surface area contributed by atoms with Crippen LogP contribution in [0.1, 0.15) is 24.1 Å². The fourth-order valence-electron chi connectivity index (χ4n) is 2.93. The molecule has 0 fully saturated rings. The van der Waals surface area contributed by atoms with Crippen molar-refractivity contribution < 1.29 is 18.3 Å². The average Bonchev–Trinajstić information content (AvgIpc) is 2.61. The second-order valence-electron chi connectivity index (χ2n) is 5.66. The maximum Gasteiger partial charge on any atom is 0.387 e. The SMILES string of the molecule is CC(=O)C1=C(c2ccccc2)NC(=S)N[C@H]1c1ccccc1OC(F)F. The van der Waals surface area contributed by atoms with Gasteiger partial charge in [-0.1, -0.05) is 48.5 Å². The Balaban J connectivity index is 2.17. The molecule has 134 valence electrons. The number of carbonyl (C=O) groups is 1. The predicted molar refractivity (Wildman–Crippen MR) is 98.7 cm³/mol. The molecular formula is C19H16F2N2O2S. The van der Waals surface area contributed by atoms with Gasteiger partial charge in [-0.05, 0) is 30.8 Å². The molecule has 0 aliphatic carbocycles. The van der Waals surface area contributed by atoms with E-state index in [0.717, 1.165) is 5.56 Å². The minimum Gasteiger partial charge on any atom is -0.434 e. The fourth-order valence-corrected chi connectivity index (χ4v) is 3.15. The first-order valence-corrected chi connectivity index (χ1v) is 8.30. The first-order chi connectivity index (χ1) is 12.5. The second-order valence-corrected chi connectivity index (χ2v) is 6.07. The van der Waals surface area contributed by atoms with Crippen molar-refractivity contribution in [3.63, 3.8) is 0 Å². The lowest BCUT2D eigenvalue weighted by Crippen LogP contribution is -2.44. The molecule has 4 nitrogen and oxygen atoms in total. The number of para-hydroxylation sites is 1. The molecule has 3 rings (SSSR count). The van der Waals surface area contributed by atoms with Crippen LogP contribution in [0.25, 0.3) is 5.70 Å². The van der Waals surface area contributed by atoms with E-state index in [-0.39, 0.29) is 11.5 Å². The number of benzene rings is 2. The molecule has 0 aromatic heterocycles. The number of ether oxygens (including phenoxy) is 1. The monoisotopic (exact) mass is 374 g/mol. The van der Waals surface area contributed by atoms with Gasteiger partial charge in [-0.2, -0.15) is 8.78 Å². The van der Waals surface area contributed by atoms with E-state index in [2.05, 4.69) is 15.4 Å². The quantitative estimate of drug-likeness (QED) is 0.780. The van der Waals surface area contributed by atoms with Crippen molar-refractivity contribution in [1.29, 1.82) is 0 Å². The highest BCUT2D eigenvalue weighted by Crippen LogP contribution is 2.36. The molecule has 1 heterocycles. The lowest BCUT2D eigenvalue weighted by molar-refractivity contribution is -0.113. The zero-order chi connectivity index (χ0) is 18.7. The van der Waals surface area contributed by atoms with E-state index in [9.17, 15) is 13.6 Å². The summed E-state index contributed by atoms with van der Waals surface area (Å²) in [5.74, 6) is -0.209. The van der Waals surface area contributed by atoms with Gasteiger partial charge in [0.1, 0.15) is 5.75 Å². The Bertz CT molecular complexity index is 869. The summed E-state index contributed by atoms with van der Waals surface area (Å²) in [4.78, 5) is 12.4. The maximum absolute atomic E-state index is 12.8. The molecule has 0 spiro atoms. The lowest BCUT2D eigenvalue weighted by atomic mass is 9.90. The summed E-state index contributed by atoms with van der Waals surface area (Å²) < 4.78 is 30.2. The van der Waals surface area contributed by atoms with Crippen LogP contribution in [0.3, 0.4) is 0 Å². The van der Waals surface area contributed by atoms with Crippen molar-refractivity contribution in [3.05, 3.63) is 71.3 Å². The smallest absolute Gasteiger partial charge is 0.387 e. The molecule has 1 atom stereocenters. The molecule has 0 amide bonds. The Labute approximate surface area is 154 Å². The van der Waals surface area contributed by atoms with Crippen molar-refractivity contribution in [2.45, 2.75) is 19.6 Å². The van der Waals surface area contributed by atoms with E-state index in [1.165, 1.54) is 13.0 Å². The molecule has 2 N–H and O–H groups in total. The topological polar surface area (TPSA) is 50.4 Å². The van der Waals surface area contributed by atoms with Crippen LogP contribution in [0.15, 0.2) is 60.2 Å². The largest absolute Gasteiger partial charge is 0.434 e. The lowest BCUT2D eigenvalue weighted by Gasteiger charge is -2.32. The van der Waals surface area contributed by atoms with Gasteiger partial charge in [0.2, 0.25) is 0 Å². The van der Waals surface area contributed by atoms with Gasteiger partial charge in [0.05, 0.1) is 11.7 Å². The molecule has 2 aromatic carbocycles. The second kappa shape index (κ2) is 7.61. The fraction of sp³-hybridized carbons (Fsp3) is 0.158. The number of carbonyl (C=O) groups excluding carboxylic acids is 1. The van der Waals surface area contributed by atoms with Crippen LogP contribution in [-0.4, -0.2) is 17.5 Å². The van der Waals surface area contributed by atoms with Crippen LogP contribution >= 0.6 is 12.2 Å². The molecule has 2 aromatic rings. The summed E-state index contributed by atoms with van der Waals surface area (Å²) in [7, 11) is 0. The number of nitrogens with one attached hydrogen (secondary N) is 2. The van der Waals surface area contributed by atoms with Crippen LogP contribution in [0.5, 0.6) is 5.75 Å². The summed E-state index contributed by atoms with van der Waals surface area (Å²) >= 11 is 5.27. The van der Waals surface area contributed by atoms with Crippen molar-refractivity contribution in [2.24, 2.45) is 0 Å². The highest BCUT2D eigenvalue weighted by molar-refractivity contribution is 7.80. The van der Waals surface area contributed by atoms with Gasteiger partial charge in [-0.25, -0.2) is 0 Å². The number of hydrogen-bond acceptors (Lipinski definition) is 3. The third kappa shape index (κ3) is 3.72. The van der Waals surface area contributed by atoms with E-state index >= 15 is 0 Å². The van der Waals surface area contributed by atoms with Crippen LogP contribution in [0.4, 0.5) is 8.78 Å². The molecule has 0 radical (unpaired) electrons. The highest BCUT2D eigenvalue weighted by atomic mass is 32.1. The van der Waals surface area contributed by atoms with Crippen molar-refractivity contribution in [3.8, 4) is 5.75 Å². The highest BCUT2D eigenvalue weighted by Gasteiger charge is 2.32. The summed E-state index contributed by atoms with van der Waals surface area (Å²) in [6.07, 6.45) is 0. The van der Waals surface area contributed by atoms with Crippen LogP contribution < -0.4 is 15.4 Å². The van der Waals surface area contributed by atoms with Gasteiger partial charge in [-0.15, -0.1) is 0 Å². The Morgan fingerprint density at radius 3 is 2.42 bits per heavy atom. The van der Waals surface area contributed by atoms with E-state index in [1.807, 2.05) is 30.3 Å². The van der Waals surface area contributed by atoms with Crippen LogP contribution in [0.2, 0.25) is 0 Å². The maximum atomic E-state index is 12.8. The number of Topliss-reactive ketones (excluding diaryl/α,β-unsaturated/α-hetero) is 1. The molecule has 1 aliphatic rings. The Morgan fingerprint density at radius 1 is 1.12 bits per heavy atom. The first kappa shape index (κ1) is 18.0. The Kier molecular flexibility index (Phi) is 5.27. The summed E-state index contributed by atoms with van der Waals surface area (Å²) in [5.41, 5.74) is 2.14. The van der Waals surface area contributed by atoms with Crippen molar-refractivity contribution in [2.75, 3.05) is 0 Å². The number of halogens is 2. The molecule has 7 heteroatoms. The average molecular weight is 374 g/mol. The molecule has 0 saturated heterocycles. The molecule has 0 unspecified atom stereocenters. The van der Waals surface area contributed by atoms with Gasteiger partial charge in [0.15, 0.2) is 10.9 Å². The first-order valence-electron chi connectivity index (χ1n) is 7.89.